The van der Waals surface area contributed by atoms with Gasteiger partial charge in [0.15, 0.2) is 5.37 Å². The minimum absolute atomic E-state index is 0.0127. The van der Waals surface area contributed by atoms with Crippen LogP contribution in [0.2, 0.25) is 0 Å². The third kappa shape index (κ3) is 3.83. The van der Waals surface area contributed by atoms with Crippen LogP contribution in [-0.2, 0) is 11.3 Å². The maximum atomic E-state index is 12.5. The fourth-order valence-electron chi connectivity index (χ4n) is 2.55. The van der Waals surface area contributed by atoms with Crippen molar-refractivity contribution >= 4 is 34.6 Å². The summed E-state index contributed by atoms with van der Waals surface area (Å²) in [6.45, 7) is 1.97. The molecular formula is C18H15N2O4S-. The maximum Gasteiger partial charge on any atom is 0.291 e. The number of aryl methyl sites for hydroxylation is 1. The smallest absolute Gasteiger partial charge is 0.291 e. The van der Waals surface area contributed by atoms with Gasteiger partial charge in [-0.25, -0.2) is 0 Å². The molecule has 2 aromatic carbocycles. The van der Waals surface area contributed by atoms with E-state index in [1.807, 2.05) is 31.2 Å². The molecule has 1 saturated heterocycles. The molecule has 2 aromatic rings. The number of aromatic carboxylic acids is 1. The highest BCUT2D eigenvalue weighted by Gasteiger charge is 2.39. The molecule has 0 spiro atoms. The lowest BCUT2D eigenvalue weighted by Gasteiger charge is -2.16. The van der Waals surface area contributed by atoms with E-state index in [-0.39, 0.29) is 23.3 Å². The van der Waals surface area contributed by atoms with Crippen molar-refractivity contribution in [3.8, 4) is 0 Å². The minimum atomic E-state index is -1.30. The topological polar surface area (TPSA) is 89.5 Å². The summed E-state index contributed by atoms with van der Waals surface area (Å²) < 4.78 is 0. The Labute approximate surface area is 148 Å². The summed E-state index contributed by atoms with van der Waals surface area (Å²) in [6.07, 6.45) is 0. The number of nitrogens with zero attached hydrogens (tertiary/aromatic N) is 1. The lowest BCUT2D eigenvalue weighted by atomic mass is 10.1. The molecule has 3 rings (SSSR count). The molecule has 1 fully saturated rings. The average Bonchev–Trinajstić information content (AvgIpc) is 2.83. The monoisotopic (exact) mass is 355 g/mol. The Hall–Kier alpha value is -2.80. The Bertz CT molecular complexity index is 852. The fourth-order valence-corrected chi connectivity index (χ4v) is 3.45. The quantitative estimate of drug-likeness (QED) is 0.882. The highest BCUT2D eigenvalue weighted by atomic mass is 32.2. The van der Waals surface area contributed by atoms with Crippen LogP contribution in [0.3, 0.4) is 0 Å². The van der Waals surface area contributed by atoms with Gasteiger partial charge >= 0.3 is 0 Å². The van der Waals surface area contributed by atoms with Crippen molar-refractivity contribution in [3.05, 3.63) is 65.2 Å². The lowest BCUT2D eigenvalue weighted by Crippen LogP contribution is -2.34. The number of benzene rings is 2. The van der Waals surface area contributed by atoms with Crippen LogP contribution in [0.5, 0.6) is 0 Å². The summed E-state index contributed by atoms with van der Waals surface area (Å²) in [4.78, 5) is 36.7. The van der Waals surface area contributed by atoms with E-state index in [0.717, 1.165) is 27.9 Å². The molecule has 1 aliphatic heterocycles. The number of carboxylic acid groups (broad SMARTS) is 1. The van der Waals surface area contributed by atoms with Gasteiger partial charge in [-0.3, -0.25) is 14.5 Å². The normalized spacial score (nSPS) is 17.0. The van der Waals surface area contributed by atoms with Crippen LogP contribution in [-0.4, -0.2) is 27.4 Å². The van der Waals surface area contributed by atoms with E-state index in [2.05, 4.69) is 5.32 Å². The number of hydrogen-bond donors (Lipinski definition) is 1. The molecule has 6 nitrogen and oxygen atoms in total. The molecular weight excluding hydrogens is 340 g/mol. The van der Waals surface area contributed by atoms with Crippen LogP contribution in [0, 0.1) is 6.92 Å². The van der Waals surface area contributed by atoms with E-state index in [9.17, 15) is 19.5 Å². The number of carboxylic acids is 1. The van der Waals surface area contributed by atoms with Crippen LogP contribution in [0.1, 0.15) is 21.5 Å². The molecule has 7 heteroatoms. The highest BCUT2D eigenvalue weighted by molar-refractivity contribution is 8.15. The first-order valence-electron chi connectivity index (χ1n) is 7.59. The third-order valence-corrected chi connectivity index (χ3v) is 4.73. The zero-order chi connectivity index (χ0) is 18.0. The molecule has 0 radical (unpaired) electrons. The second-order valence-electron chi connectivity index (χ2n) is 5.69. The SMILES string of the molecule is Cc1cccc(N[C@H]2SC(=O)N(Cc3cccc(C(=O)[O-])c3)C2=O)c1. The Morgan fingerprint density at radius 3 is 2.68 bits per heavy atom. The van der Waals surface area contributed by atoms with Crippen molar-refractivity contribution in [3.63, 3.8) is 0 Å². The molecule has 1 heterocycles. The Morgan fingerprint density at radius 1 is 1.20 bits per heavy atom. The maximum absolute atomic E-state index is 12.5. The molecule has 0 saturated carbocycles. The Balaban J connectivity index is 1.73. The molecule has 1 aliphatic rings. The second kappa shape index (κ2) is 6.98. The standard InChI is InChI=1S/C18H16N2O4S/c1-11-4-2-7-14(8-11)19-15-16(21)20(18(24)25-15)10-12-5-3-6-13(9-12)17(22)23/h2-9,15,19H,10H2,1H3,(H,22,23)/p-1/t15-/m0/s1. The van der Waals surface area contributed by atoms with Crippen LogP contribution < -0.4 is 10.4 Å². The number of imide groups is 1. The average molecular weight is 355 g/mol. The van der Waals surface area contributed by atoms with Gasteiger partial charge in [0.1, 0.15) is 0 Å². The van der Waals surface area contributed by atoms with E-state index in [1.165, 1.54) is 12.1 Å². The van der Waals surface area contributed by atoms with Crippen molar-refractivity contribution < 1.29 is 19.5 Å². The van der Waals surface area contributed by atoms with Gasteiger partial charge in [-0.1, -0.05) is 30.3 Å². The number of carbonyl (C=O) groups excluding carboxylic acids is 3. The number of carbonyl (C=O) groups is 3. The molecule has 0 unspecified atom stereocenters. The molecule has 2 amide bonds. The number of thioether (sulfide) groups is 1. The van der Waals surface area contributed by atoms with E-state index in [0.29, 0.717) is 5.56 Å². The summed E-state index contributed by atoms with van der Waals surface area (Å²) in [5, 5.41) is 12.9. The van der Waals surface area contributed by atoms with Gasteiger partial charge in [0.05, 0.1) is 12.5 Å². The zero-order valence-electron chi connectivity index (χ0n) is 13.4. The molecule has 0 bridgehead atoms. The summed E-state index contributed by atoms with van der Waals surface area (Å²) in [5.41, 5.74) is 2.38. The third-order valence-electron chi connectivity index (χ3n) is 3.75. The van der Waals surface area contributed by atoms with E-state index >= 15 is 0 Å². The Kier molecular flexibility index (Phi) is 4.76. The first-order chi connectivity index (χ1) is 11.9. The van der Waals surface area contributed by atoms with Crippen molar-refractivity contribution in [2.24, 2.45) is 0 Å². The minimum Gasteiger partial charge on any atom is -0.545 e. The van der Waals surface area contributed by atoms with Gasteiger partial charge in [0.25, 0.3) is 11.1 Å². The predicted octanol–water partition coefficient (Wildman–Crippen LogP) is 1.99. The van der Waals surface area contributed by atoms with Crippen molar-refractivity contribution in [1.29, 1.82) is 0 Å². The largest absolute Gasteiger partial charge is 0.545 e. The molecule has 1 N–H and O–H groups in total. The predicted molar refractivity (Wildman–Crippen MR) is 92.9 cm³/mol. The van der Waals surface area contributed by atoms with Gasteiger partial charge in [0.2, 0.25) is 0 Å². The number of amides is 2. The van der Waals surface area contributed by atoms with Gasteiger partial charge in [0, 0.05) is 5.69 Å². The van der Waals surface area contributed by atoms with Gasteiger partial charge in [-0.05, 0) is 53.6 Å². The first kappa shape index (κ1) is 17.0. The number of anilines is 1. The number of nitrogens with one attached hydrogen (secondary N) is 1. The van der Waals surface area contributed by atoms with E-state index in [4.69, 9.17) is 0 Å². The second-order valence-corrected chi connectivity index (χ2v) is 6.75. The summed E-state index contributed by atoms with van der Waals surface area (Å²) in [7, 11) is 0. The number of hydrogen-bond acceptors (Lipinski definition) is 6. The van der Waals surface area contributed by atoms with Gasteiger partial charge < -0.3 is 15.2 Å². The van der Waals surface area contributed by atoms with Gasteiger partial charge in [-0.2, -0.15) is 0 Å². The highest BCUT2D eigenvalue weighted by Crippen LogP contribution is 2.29. The Morgan fingerprint density at radius 2 is 1.96 bits per heavy atom. The van der Waals surface area contributed by atoms with Crippen molar-refractivity contribution in [1.82, 2.24) is 4.90 Å². The summed E-state index contributed by atoms with van der Waals surface area (Å²) in [5.74, 6) is -1.65. The fraction of sp³-hybridized carbons (Fsp3) is 0.167. The van der Waals surface area contributed by atoms with E-state index < -0.39 is 11.3 Å². The van der Waals surface area contributed by atoms with Crippen molar-refractivity contribution in [2.75, 3.05) is 5.32 Å². The zero-order valence-corrected chi connectivity index (χ0v) is 14.2. The van der Waals surface area contributed by atoms with Crippen LogP contribution in [0.25, 0.3) is 0 Å². The van der Waals surface area contributed by atoms with Crippen molar-refractivity contribution in [2.45, 2.75) is 18.8 Å². The molecule has 128 valence electrons. The summed E-state index contributed by atoms with van der Waals surface area (Å²) >= 11 is 0.910. The molecule has 1 atom stereocenters. The molecule has 0 aliphatic carbocycles. The molecule has 25 heavy (non-hydrogen) atoms. The van der Waals surface area contributed by atoms with E-state index in [1.54, 1.807) is 12.1 Å². The number of rotatable bonds is 5. The van der Waals surface area contributed by atoms with Crippen LogP contribution >= 0.6 is 11.8 Å². The molecule has 0 aromatic heterocycles. The van der Waals surface area contributed by atoms with Crippen LogP contribution in [0.4, 0.5) is 10.5 Å². The lowest BCUT2D eigenvalue weighted by molar-refractivity contribution is -0.255. The first-order valence-corrected chi connectivity index (χ1v) is 8.47. The summed E-state index contributed by atoms with van der Waals surface area (Å²) in [6, 6.07) is 13.6. The van der Waals surface area contributed by atoms with Crippen LogP contribution in [0.15, 0.2) is 48.5 Å². The van der Waals surface area contributed by atoms with Gasteiger partial charge in [-0.15, -0.1) is 0 Å².